The van der Waals surface area contributed by atoms with Gasteiger partial charge in [0.2, 0.25) is 0 Å². The van der Waals surface area contributed by atoms with E-state index in [0.717, 1.165) is 22.4 Å². The molecule has 0 bridgehead atoms. The van der Waals surface area contributed by atoms with Crippen molar-refractivity contribution >= 4 is 11.6 Å². The topological polar surface area (TPSA) is 50.2 Å². The van der Waals surface area contributed by atoms with Crippen molar-refractivity contribution in [1.82, 2.24) is 14.7 Å². The van der Waals surface area contributed by atoms with Crippen LogP contribution in [0.2, 0.25) is 0 Å². The highest BCUT2D eigenvalue weighted by Gasteiger charge is 2.14. The molecule has 23 heavy (non-hydrogen) atoms. The molecule has 1 N–H and O–H groups in total. The summed E-state index contributed by atoms with van der Waals surface area (Å²) in [6, 6.07) is 5.87. The van der Waals surface area contributed by atoms with E-state index in [1.54, 1.807) is 19.0 Å². The fourth-order valence-corrected chi connectivity index (χ4v) is 2.23. The Morgan fingerprint density at radius 2 is 2.00 bits per heavy atom. The summed E-state index contributed by atoms with van der Waals surface area (Å²) in [4.78, 5) is 13.8. The number of carbonyl (C=O) groups is 1. The Kier molecular flexibility index (Phi) is 4.78. The third-order valence-electron chi connectivity index (χ3n) is 3.69. The SMILES string of the molecule is Cc1ccc(NCc2cnn(C(C)(C)C)c2)cc1C(=O)N(C)C. The lowest BCUT2D eigenvalue weighted by atomic mass is 10.1. The summed E-state index contributed by atoms with van der Waals surface area (Å²) in [6.45, 7) is 8.99. The van der Waals surface area contributed by atoms with E-state index in [0.29, 0.717) is 6.54 Å². The van der Waals surface area contributed by atoms with Gasteiger partial charge in [-0.1, -0.05) is 6.07 Å². The van der Waals surface area contributed by atoms with Crippen LogP contribution in [-0.4, -0.2) is 34.7 Å². The zero-order valence-corrected chi connectivity index (χ0v) is 14.8. The van der Waals surface area contributed by atoms with E-state index in [9.17, 15) is 4.79 Å². The second-order valence-electron chi connectivity index (χ2n) is 7.05. The highest BCUT2D eigenvalue weighted by Crippen LogP contribution is 2.18. The minimum absolute atomic E-state index is 0.0201. The Labute approximate surface area is 138 Å². The molecule has 1 heterocycles. The molecule has 2 aromatic rings. The summed E-state index contributed by atoms with van der Waals surface area (Å²) >= 11 is 0. The maximum atomic E-state index is 12.2. The van der Waals surface area contributed by atoms with Crippen LogP contribution in [0.1, 0.15) is 42.3 Å². The molecule has 1 aromatic heterocycles. The molecule has 2 rings (SSSR count). The molecule has 0 aliphatic rings. The van der Waals surface area contributed by atoms with Crippen LogP contribution < -0.4 is 5.32 Å². The van der Waals surface area contributed by atoms with Crippen LogP contribution in [0.15, 0.2) is 30.6 Å². The Morgan fingerprint density at radius 1 is 1.30 bits per heavy atom. The Hall–Kier alpha value is -2.30. The maximum Gasteiger partial charge on any atom is 0.253 e. The molecule has 1 amide bonds. The van der Waals surface area contributed by atoms with Crippen molar-refractivity contribution in [3.05, 3.63) is 47.3 Å². The van der Waals surface area contributed by atoms with Crippen LogP contribution >= 0.6 is 0 Å². The normalized spacial score (nSPS) is 11.4. The first kappa shape index (κ1) is 17.1. The average Bonchev–Trinajstić information content (AvgIpc) is 2.94. The second kappa shape index (κ2) is 6.44. The number of rotatable bonds is 4. The quantitative estimate of drug-likeness (QED) is 0.942. The Morgan fingerprint density at radius 3 is 2.57 bits per heavy atom. The molecule has 0 aliphatic heterocycles. The van der Waals surface area contributed by atoms with Gasteiger partial charge in [-0.25, -0.2) is 0 Å². The van der Waals surface area contributed by atoms with Gasteiger partial charge < -0.3 is 10.2 Å². The minimum Gasteiger partial charge on any atom is -0.381 e. The van der Waals surface area contributed by atoms with Crippen LogP contribution in [0.4, 0.5) is 5.69 Å². The van der Waals surface area contributed by atoms with Gasteiger partial charge in [-0.05, 0) is 45.4 Å². The summed E-state index contributed by atoms with van der Waals surface area (Å²) < 4.78 is 1.96. The van der Waals surface area contributed by atoms with E-state index >= 15 is 0 Å². The fraction of sp³-hybridized carbons (Fsp3) is 0.444. The van der Waals surface area contributed by atoms with Crippen LogP contribution in [0, 0.1) is 6.92 Å². The van der Waals surface area contributed by atoms with Gasteiger partial charge in [0, 0.05) is 43.7 Å². The monoisotopic (exact) mass is 314 g/mol. The molecular formula is C18H26N4O. The van der Waals surface area contributed by atoms with Gasteiger partial charge in [0.15, 0.2) is 0 Å². The van der Waals surface area contributed by atoms with Gasteiger partial charge in [0.1, 0.15) is 0 Å². The number of nitrogens with one attached hydrogen (secondary N) is 1. The van der Waals surface area contributed by atoms with Crippen molar-refractivity contribution in [3.63, 3.8) is 0 Å². The van der Waals surface area contributed by atoms with Gasteiger partial charge in [-0.2, -0.15) is 5.10 Å². The average molecular weight is 314 g/mol. The fourth-order valence-electron chi connectivity index (χ4n) is 2.23. The van der Waals surface area contributed by atoms with Crippen molar-refractivity contribution in [2.45, 2.75) is 39.8 Å². The number of benzene rings is 1. The van der Waals surface area contributed by atoms with Crippen molar-refractivity contribution in [3.8, 4) is 0 Å². The summed E-state index contributed by atoms with van der Waals surface area (Å²) in [6.07, 6.45) is 3.92. The second-order valence-corrected chi connectivity index (χ2v) is 7.05. The predicted molar refractivity (Wildman–Crippen MR) is 93.7 cm³/mol. The van der Waals surface area contributed by atoms with E-state index in [-0.39, 0.29) is 11.4 Å². The van der Waals surface area contributed by atoms with E-state index in [1.165, 1.54) is 0 Å². The molecule has 0 saturated heterocycles. The number of aryl methyl sites for hydroxylation is 1. The standard InChI is InChI=1S/C18H26N4O/c1-13-7-8-15(9-16(13)17(23)21(5)6)19-10-14-11-20-22(12-14)18(2,3)4/h7-9,11-12,19H,10H2,1-6H3. The van der Waals surface area contributed by atoms with Crippen molar-refractivity contribution < 1.29 is 4.79 Å². The number of carbonyl (C=O) groups excluding carboxylic acids is 1. The number of nitrogens with zero attached hydrogens (tertiary/aromatic N) is 3. The molecule has 0 aliphatic carbocycles. The summed E-state index contributed by atoms with van der Waals surface area (Å²) in [7, 11) is 3.53. The number of hydrogen-bond acceptors (Lipinski definition) is 3. The molecule has 5 heteroatoms. The molecule has 0 spiro atoms. The molecular weight excluding hydrogens is 288 g/mol. The molecule has 0 unspecified atom stereocenters. The highest BCUT2D eigenvalue weighted by molar-refractivity contribution is 5.96. The van der Waals surface area contributed by atoms with E-state index < -0.39 is 0 Å². The van der Waals surface area contributed by atoms with Crippen LogP contribution in [-0.2, 0) is 12.1 Å². The molecule has 5 nitrogen and oxygen atoms in total. The Bertz CT molecular complexity index is 695. The van der Waals surface area contributed by atoms with E-state index in [2.05, 4.69) is 31.2 Å². The summed E-state index contributed by atoms with van der Waals surface area (Å²) in [5.74, 6) is 0.0201. The number of hydrogen-bond donors (Lipinski definition) is 1. The molecule has 0 saturated carbocycles. The first-order valence-electron chi connectivity index (χ1n) is 7.78. The maximum absolute atomic E-state index is 12.2. The van der Waals surface area contributed by atoms with Gasteiger partial charge in [-0.3, -0.25) is 9.48 Å². The highest BCUT2D eigenvalue weighted by atomic mass is 16.2. The van der Waals surface area contributed by atoms with Gasteiger partial charge in [-0.15, -0.1) is 0 Å². The largest absolute Gasteiger partial charge is 0.381 e. The van der Waals surface area contributed by atoms with E-state index in [1.807, 2.05) is 42.2 Å². The summed E-state index contributed by atoms with van der Waals surface area (Å²) in [5, 5.41) is 7.76. The number of aromatic nitrogens is 2. The lowest BCUT2D eigenvalue weighted by Crippen LogP contribution is -2.22. The zero-order valence-electron chi connectivity index (χ0n) is 14.8. The summed E-state index contributed by atoms with van der Waals surface area (Å²) in [5.41, 5.74) is 3.73. The molecule has 0 atom stereocenters. The molecule has 124 valence electrons. The van der Waals surface area contributed by atoms with Crippen LogP contribution in [0.5, 0.6) is 0 Å². The first-order valence-corrected chi connectivity index (χ1v) is 7.78. The third kappa shape index (κ3) is 4.12. The third-order valence-corrected chi connectivity index (χ3v) is 3.69. The zero-order chi connectivity index (χ0) is 17.2. The number of anilines is 1. The Balaban J connectivity index is 2.11. The van der Waals surface area contributed by atoms with Crippen LogP contribution in [0.25, 0.3) is 0 Å². The van der Waals surface area contributed by atoms with Crippen LogP contribution in [0.3, 0.4) is 0 Å². The van der Waals surface area contributed by atoms with Gasteiger partial charge in [0.25, 0.3) is 5.91 Å². The lowest BCUT2D eigenvalue weighted by Gasteiger charge is -2.18. The predicted octanol–water partition coefficient (Wildman–Crippen LogP) is 3.26. The van der Waals surface area contributed by atoms with Crippen molar-refractivity contribution in [2.24, 2.45) is 0 Å². The minimum atomic E-state index is -0.0204. The first-order chi connectivity index (χ1) is 10.7. The van der Waals surface area contributed by atoms with Gasteiger partial charge >= 0.3 is 0 Å². The molecule has 0 radical (unpaired) electrons. The number of amides is 1. The van der Waals surface area contributed by atoms with Crippen molar-refractivity contribution in [2.75, 3.05) is 19.4 Å². The van der Waals surface area contributed by atoms with E-state index in [4.69, 9.17) is 0 Å². The lowest BCUT2D eigenvalue weighted by molar-refractivity contribution is 0.0827. The molecule has 0 fully saturated rings. The van der Waals surface area contributed by atoms with Gasteiger partial charge in [0.05, 0.1) is 11.7 Å². The molecule has 1 aromatic carbocycles. The van der Waals surface area contributed by atoms with Crippen molar-refractivity contribution in [1.29, 1.82) is 0 Å². The smallest absolute Gasteiger partial charge is 0.253 e.